The standard InChI is InChI=1S/C34H37NO2/c1-4-32(33-22-31(21-20-26(33)2)37-25-30-18-12-7-13-19-30)27(3)34(36)35(23-28-14-8-5-9-15-28)24-29-16-10-6-11-17-29/h4-19,21-22,26-27,32H,1,20,23-25H2,2-3H3. The van der Waals surface area contributed by atoms with E-state index in [2.05, 4.69) is 62.1 Å². The predicted octanol–water partition coefficient (Wildman–Crippen LogP) is 7.72. The summed E-state index contributed by atoms with van der Waals surface area (Å²) in [6.45, 7) is 10.1. The molecule has 37 heavy (non-hydrogen) atoms. The molecule has 0 aromatic heterocycles. The molecule has 0 N–H and O–H groups in total. The zero-order chi connectivity index (χ0) is 26.0. The van der Waals surface area contributed by atoms with Crippen molar-refractivity contribution in [3.05, 3.63) is 144 Å². The molecule has 1 aliphatic rings. The number of carbonyl (C=O) groups excluding carboxylic acids is 1. The lowest BCUT2D eigenvalue weighted by atomic mass is 9.77. The Bertz CT molecular complexity index is 1170. The fourth-order valence-corrected chi connectivity index (χ4v) is 4.95. The molecule has 0 bridgehead atoms. The summed E-state index contributed by atoms with van der Waals surface area (Å²) >= 11 is 0. The van der Waals surface area contributed by atoms with Crippen molar-refractivity contribution < 1.29 is 9.53 Å². The van der Waals surface area contributed by atoms with Crippen molar-refractivity contribution >= 4 is 5.91 Å². The van der Waals surface area contributed by atoms with Gasteiger partial charge in [0.05, 0.1) is 0 Å². The molecule has 3 atom stereocenters. The van der Waals surface area contributed by atoms with Crippen LogP contribution in [0.15, 0.2) is 127 Å². The van der Waals surface area contributed by atoms with Crippen LogP contribution in [-0.2, 0) is 29.2 Å². The van der Waals surface area contributed by atoms with Crippen LogP contribution in [0.5, 0.6) is 0 Å². The van der Waals surface area contributed by atoms with E-state index in [4.69, 9.17) is 4.74 Å². The summed E-state index contributed by atoms with van der Waals surface area (Å²) in [5.74, 6) is 1.01. The maximum Gasteiger partial charge on any atom is 0.226 e. The molecular formula is C34H37NO2. The van der Waals surface area contributed by atoms with Gasteiger partial charge in [0.1, 0.15) is 12.4 Å². The van der Waals surface area contributed by atoms with E-state index < -0.39 is 0 Å². The van der Waals surface area contributed by atoms with Crippen LogP contribution in [0.1, 0.15) is 37.0 Å². The summed E-state index contributed by atoms with van der Waals surface area (Å²) in [5, 5.41) is 0. The zero-order valence-corrected chi connectivity index (χ0v) is 21.9. The van der Waals surface area contributed by atoms with Crippen molar-refractivity contribution in [1.29, 1.82) is 0 Å². The van der Waals surface area contributed by atoms with Gasteiger partial charge in [-0.15, -0.1) is 6.58 Å². The van der Waals surface area contributed by atoms with E-state index in [1.807, 2.05) is 72.5 Å². The zero-order valence-electron chi connectivity index (χ0n) is 21.9. The minimum atomic E-state index is -0.243. The topological polar surface area (TPSA) is 29.5 Å². The predicted molar refractivity (Wildman–Crippen MR) is 151 cm³/mol. The first-order valence-electron chi connectivity index (χ1n) is 13.1. The lowest BCUT2D eigenvalue weighted by Gasteiger charge is -2.33. The Balaban J connectivity index is 1.53. The molecule has 0 saturated heterocycles. The molecule has 1 aliphatic carbocycles. The average Bonchev–Trinajstić information content (AvgIpc) is 2.94. The van der Waals surface area contributed by atoms with E-state index in [-0.39, 0.29) is 17.7 Å². The van der Waals surface area contributed by atoms with Gasteiger partial charge in [-0.25, -0.2) is 0 Å². The molecule has 4 rings (SSSR count). The smallest absolute Gasteiger partial charge is 0.226 e. The number of amides is 1. The largest absolute Gasteiger partial charge is 0.489 e. The molecule has 3 aromatic carbocycles. The van der Waals surface area contributed by atoms with Crippen molar-refractivity contribution in [1.82, 2.24) is 4.90 Å². The Kier molecular flexibility index (Phi) is 9.15. The van der Waals surface area contributed by atoms with Gasteiger partial charge in [-0.05, 0) is 41.2 Å². The minimum Gasteiger partial charge on any atom is -0.489 e. The van der Waals surface area contributed by atoms with Gasteiger partial charge >= 0.3 is 0 Å². The van der Waals surface area contributed by atoms with Crippen molar-refractivity contribution in [3.8, 4) is 0 Å². The van der Waals surface area contributed by atoms with Crippen molar-refractivity contribution in [2.24, 2.45) is 17.8 Å². The summed E-state index contributed by atoms with van der Waals surface area (Å²) in [6.07, 6.45) is 7.11. The van der Waals surface area contributed by atoms with Gasteiger partial charge in [-0.3, -0.25) is 4.79 Å². The van der Waals surface area contributed by atoms with Gasteiger partial charge in [-0.1, -0.05) is 116 Å². The Morgan fingerprint density at radius 3 is 1.95 bits per heavy atom. The van der Waals surface area contributed by atoms with Crippen molar-refractivity contribution in [3.63, 3.8) is 0 Å². The third-order valence-electron chi connectivity index (χ3n) is 7.11. The highest BCUT2D eigenvalue weighted by atomic mass is 16.5. The molecular weight excluding hydrogens is 454 g/mol. The van der Waals surface area contributed by atoms with Crippen LogP contribution in [0.25, 0.3) is 0 Å². The van der Waals surface area contributed by atoms with E-state index in [0.29, 0.717) is 25.6 Å². The summed E-state index contributed by atoms with van der Waals surface area (Å²) in [6, 6.07) is 30.6. The second kappa shape index (κ2) is 12.9. The van der Waals surface area contributed by atoms with Gasteiger partial charge in [-0.2, -0.15) is 0 Å². The lowest BCUT2D eigenvalue weighted by molar-refractivity contribution is -0.137. The molecule has 3 nitrogen and oxygen atoms in total. The number of rotatable bonds is 11. The fourth-order valence-electron chi connectivity index (χ4n) is 4.95. The maximum atomic E-state index is 14.0. The quantitative estimate of drug-likeness (QED) is 0.257. The molecule has 0 radical (unpaired) electrons. The third-order valence-corrected chi connectivity index (χ3v) is 7.11. The summed E-state index contributed by atoms with van der Waals surface area (Å²) in [4.78, 5) is 16.0. The van der Waals surface area contributed by atoms with Crippen LogP contribution in [0.4, 0.5) is 0 Å². The molecule has 0 spiro atoms. The Hall–Kier alpha value is -3.85. The monoisotopic (exact) mass is 491 g/mol. The first-order valence-corrected chi connectivity index (χ1v) is 13.1. The third kappa shape index (κ3) is 7.10. The number of benzene rings is 3. The summed E-state index contributed by atoms with van der Waals surface area (Å²) < 4.78 is 6.14. The highest BCUT2D eigenvalue weighted by Crippen LogP contribution is 2.35. The van der Waals surface area contributed by atoms with Crippen LogP contribution < -0.4 is 0 Å². The Morgan fingerprint density at radius 2 is 1.43 bits per heavy atom. The highest BCUT2D eigenvalue weighted by Gasteiger charge is 2.32. The Morgan fingerprint density at radius 1 is 0.919 bits per heavy atom. The van der Waals surface area contributed by atoms with Crippen LogP contribution >= 0.6 is 0 Å². The number of allylic oxidation sites excluding steroid dienone is 4. The maximum absolute atomic E-state index is 14.0. The van der Waals surface area contributed by atoms with E-state index in [1.165, 1.54) is 5.57 Å². The molecule has 0 aliphatic heterocycles. The molecule has 3 heteroatoms. The SMILES string of the molecule is C=CC(C1=CC(OCc2ccccc2)=CCC1C)C(C)C(=O)N(Cc1ccccc1)Cc1ccccc1. The van der Waals surface area contributed by atoms with E-state index in [0.717, 1.165) is 28.9 Å². The number of carbonyl (C=O) groups is 1. The summed E-state index contributed by atoms with van der Waals surface area (Å²) in [5.41, 5.74) is 4.59. The van der Waals surface area contributed by atoms with Crippen LogP contribution in [-0.4, -0.2) is 10.8 Å². The molecule has 190 valence electrons. The van der Waals surface area contributed by atoms with Crippen molar-refractivity contribution in [2.75, 3.05) is 0 Å². The van der Waals surface area contributed by atoms with Crippen LogP contribution in [0, 0.1) is 17.8 Å². The number of hydrogen-bond acceptors (Lipinski definition) is 2. The molecule has 0 heterocycles. The molecule has 3 unspecified atom stereocenters. The lowest BCUT2D eigenvalue weighted by Crippen LogP contribution is -2.38. The highest BCUT2D eigenvalue weighted by molar-refractivity contribution is 5.79. The number of hydrogen-bond donors (Lipinski definition) is 0. The number of ether oxygens (including phenoxy) is 1. The Labute approximate surface area is 221 Å². The molecule has 1 amide bonds. The second-order valence-electron chi connectivity index (χ2n) is 9.88. The normalized spacial score (nSPS) is 16.6. The van der Waals surface area contributed by atoms with Crippen LogP contribution in [0.2, 0.25) is 0 Å². The summed E-state index contributed by atoms with van der Waals surface area (Å²) in [7, 11) is 0. The average molecular weight is 492 g/mol. The second-order valence-corrected chi connectivity index (χ2v) is 9.88. The van der Waals surface area contributed by atoms with Gasteiger partial charge in [0, 0.05) is 24.9 Å². The molecule has 0 fully saturated rings. The van der Waals surface area contributed by atoms with E-state index in [1.54, 1.807) is 0 Å². The van der Waals surface area contributed by atoms with E-state index >= 15 is 0 Å². The van der Waals surface area contributed by atoms with Crippen LogP contribution in [0.3, 0.4) is 0 Å². The molecule has 0 saturated carbocycles. The van der Waals surface area contributed by atoms with Crippen molar-refractivity contribution in [2.45, 2.75) is 40.0 Å². The van der Waals surface area contributed by atoms with Gasteiger partial charge in [0.15, 0.2) is 0 Å². The fraction of sp³-hybridized carbons (Fsp3) is 0.265. The first-order chi connectivity index (χ1) is 18.0. The van der Waals surface area contributed by atoms with Gasteiger partial charge in [0.25, 0.3) is 0 Å². The van der Waals surface area contributed by atoms with Gasteiger partial charge < -0.3 is 9.64 Å². The minimum absolute atomic E-state index is 0.0689. The van der Waals surface area contributed by atoms with E-state index in [9.17, 15) is 4.79 Å². The molecule has 3 aromatic rings. The number of nitrogens with zero attached hydrogens (tertiary/aromatic N) is 1. The first kappa shape index (κ1) is 26.2. The van der Waals surface area contributed by atoms with Gasteiger partial charge in [0.2, 0.25) is 5.91 Å².